The Labute approximate surface area is 132 Å². The molecule has 0 aliphatic carbocycles. The number of thiophene rings is 1. The van der Waals surface area contributed by atoms with Crippen molar-refractivity contribution in [2.45, 2.75) is 11.8 Å². The second-order valence-electron chi connectivity index (χ2n) is 3.86. The second kappa shape index (κ2) is 5.51. The molecule has 0 saturated heterocycles. The smallest absolute Gasteiger partial charge is 0.263 e. The average Bonchev–Trinajstić information content (AvgIpc) is 2.65. The molecule has 2 aromatic rings. The summed E-state index contributed by atoms with van der Waals surface area (Å²) in [5.41, 5.74) is -0.309. The van der Waals surface area contributed by atoms with E-state index in [9.17, 15) is 17.9 Å². The number of sulfonamides is 1. The first kappa shape index (κ1) is 15.6. The van der Waals surface area contributed by atoms with Gasteiger partial charge in [-0.1, -0.05) is 11.6 Å². The summed E-state index contributed by atoms with van der Waals surface area (Å²) in [5, 5.41) is 9.40. The number of anilines is 1. The summed E-state index contributed by atoms with van der Waals surface area (Å²) in [6, 6.07) is 3.18. The Balaban J connectivity index is 2.46. The van der Waals surface area contributed by atoms with Gasteiger partial charge in [0.25, 0.3) is 10.0 Å². The minimum atomic E-state index is -3.93. The first-order valence-electron chi connectivity index (χ1n) is 5.17. The lowest BCUT2D eigenvalue weighted by molar-refractivity contribution is 0.476. The predicted octanol–water partition coefficient (Wildman–Crippen LogP) is 4.12. The molecule has 20 heavy (non-hydrogen) atoms. The van der Waals surface area contributed by atoms with Crippen LogP contribution in [0.5, 0.6) is 5.75 Å². The van der Waals surface area contributed by atoms with Gasteiger partial charge in [-0.3, -0.25) is 4.72 Å². The lowest BCUT2D eigenvalue weighted by Crippen LogP contribution is -2.13. The molecule has 2 N–H and O–H groups in total. The Hall–Kier alpha value is -0.830. The molecule has 2 rings (SSSR count). The zero-order valence-corrected chi connectivity index (χ0v) is 13.9. The molecule has 0 radical (unpaired) electrons. The number of halogens is 3. The van der Waals surface area contributed by atoms with Gasteiger partial charge in [0.15, 0.2) is 5.75 Å². The van der Waals surface area contributed by atoms with Gasteiger partial charge in [-0.05, 0) is 35.0 Å². The summed E-state index contributed by atoms with van der Waals surface area (Å²) in [7, 11) is -3.93. The normalized spacial score (nSPS) is 11.6. The van der Waals surface area contributed by atoms with Crippen LogP contribution in [-0.4, -0.2) is 13.5 Å². The fraction of sp³-hybridized carbons (Fsp3) is 0.0909. The van der Waals surface area contributed by atoms with Crippen LogP contribution in [0.1, 0.15) is 4.88 Å². The van der Waals surface area contributed by atoms with Gasteiger partial charge in [0.2, 0.25) is 0 Å². The Bertz CT molecular complexity index is 776. The molecule has 108 valence electrons. The van der Waals surface area contributed by atoms with E-state index in [-0.39, 0.29) is 15.6 Å². The quantitative estimate of drug-likeness (QED) is 0.762. The van der Waals surface area contributed by atoms with Crippen LogP contribution in [0.15, 0.2) is 26.9 Å². The minimum absolute atomic E-state index is 0.0501. The molecule has 0 atom stereocenters. The van der Waals surface area contributed by atoms with Crippen LogP contribution in [0.3, 0.4) is 0 Å². The Morgan fingerprint density at radius 2 is 2.05 bits per heavy atom. The summed E-state index contributed by atoms with van der Waals surface area (Å²) in [6.45, 7) is 1.64. The van der Waals surface area contributed by atoms with Crippen LogP contribution in [-0.2, 0) is 10.0 Å². The maximum absolute atomic E-state index is 13.2. The first-order valence-corrected chi connectivity index (χ1v) is 8.64. The number of aryl methyl sites for hydroxylation is 1. The SMILES string of the molecule is Cc1sc(Br)cc1S(=O)(=O)Nc1cc(F)cc(Cl)c1O. The van der Waals surface area contributed by atoms with Gasteiger partial charge < -0.3 is 5.11 Å². The van der Waals surface area contributed by atoms with E-state index in [1.165, 1.54) is 17.4 Å². The van der Waals surface area contributed by atoms with Crippen molar-refractivity contribution in [1.29, 1.82) is 0 Å². The van der Waals surface area contributed by atoms with Crippen molar-refractivity contribution in [3.63, 3.8) is 0 Å². The zero-order valence-electron chi connectivity index (χ0n) is 9.95. The summed E-state index contributed by atoms with van der Waals surface area (Å²) < 4.78 is 40.4. The van der Waals surface area contributed by atoms with E-state index < -0.39 is 21.6 Å². The van der Waals surface area contributed by atoms with Gasteiger partial charge in [0.05, 0.1) is 14.5 Å². The van der Waals surface area contributed by atoms with Crippen molar-refractivity contribution in [2.24, 2.45) is 0 Å². The summed E-state index contributed by atoms with van der Waals surface area (Å²) in [4.78, 5) is 0.612. The van der Waals surface area contributed by atoms with E-state index in [0.717, 1.165) is 12.1 Å². The van der Waals surface area contributed by atoms with Crippen molar-refractivity contribution in [1.82, 2.24) is 0 Å². The summed E-state index contributed by atoms with van der Waals surface area (Å²) >= 11 is 10.0. The van der Waals surface area contributed by atoms with Crippen LogP contribution in [0.25, 0.3) is 0 Å². The fourth-order valence-electron chi connectivity index (χ4n) is 1.54. The lowest BCUT2D eigenvalue weighted by Gasteiger charge is -2.10. The first-order chi connectivity index (χ1) is 9.20. The van der Waals surface area contributed by atoms with Crippen molar-refractivity contribution in [2.75, 3.05) is 4.72 Å². The fourth-order valence-corrected chi connectivity index (χ4v) is 5.22. The number of aromatic hydroxyl groups is 1. The third-order valence-electron chi connectivity index (χ3n) is 2.40. The number of benzene rings is 1. The van der Waals surface area contributed by atoms with Crippen LogP contribution in [0.2, 0.25) is 5.02 Å². The highest BCUT2D eigenvalue weighted by molar-refractivity contribution is 9.11. The average molecular weight is 401 g/mol. The van der Waals surface area contributed by atoms with Crippen molar-refractivity contribution >= 4 is 54.6 Å². The zero-order chi connectivity index (χ0) is 15.1. The predicted molar refractivity (Wildman–Crippen MR) is 80.6 cm³/mol. The molecule has 1 heterocycles. The van der Waals surface area contributed by atoms with E-state index in [1.807, 2.05) is 0 Å². The van der Waals surface area contributed by atoms with Crippen molar-refractivity contribution < 1.29 is 17.9 Å². The van der Waals surface area contributed by atoms with Crippen molar-refractivity contribution in [3.05, 3.63) is 37.7 Å². The van der Waals surface area contributed by atoms with Crippen LogP contribution in [0.4, 0.5) is 10.1 Å². The minimum Gasteiger partial charge on any atom is -0.504 e. The largest absolute Gasteiger partial charge is 0.504 e. The van der Waals surface area contributed by atoms with Gasteiger partial charge in [-0.2, -0.15) is 0 Å². The molecule has 9 heteroatoms. The van der Waals surface area contributed by atoms with E-state index in [4.69, 9.17) is 11.6 Å². The maximum Gasteiger partial charge on any atom is 0.263 e. The van der Waals surface area contributed by atoms with Crippen molar-refractivity contribution in [3.8, 4) is 5.75 Å². The maximum atomic E-state index is 13.2. The monoisotopic (exact) mass is 399 g/mol. The molecule has 0 saturated carbocycles. The highest BCUT2D eigenvalue weighted by Crippen LogP contribution is 2.36. The second-order valence-corrected chi connectivity index (χ2v) is 8.55. The van der Waals surface area contributed by atoms with E-state index in [1.54, 1.807) is 6.92 Å². The number of hydrogen-bond donors (Lipinski definition) is 2. The topological polar surface area (TPSA) is 66.4 Å². The van der Waals surface area contributed by atoms with Gasteiger partial charge >= 0.3 is 0 Å². The molecular formula is C11H8BrClFNO3S2. The summed E-state index contributed by atoms with van der Waals surface area (Å²) in [6.07, 6.45) is 0. The molecule has 0 fully saturated rings. The molecule has 0 aliphatic heterocycles. The Morgan fingerprint density at radius 1 is 1.40 bits per heavy atom. The lowest BCUT2D eigenvalue weighted by atomic mass is 10.3. The highest BCUT2D eigenvalue weighted by atomic mass is 79.9. The molecule has 0 aliphatic rings. The molecular weight excluding hydrogens is 393 g/mol. The van der Waals surface area contributed by atoms with Gasteiger partial charge in [-0.25, -0.2) is 12.8 Å². The Morgan fingerprint density at radius 3 is 2.60 bits per heavy atom. The molecule has 0 amide bonds. The van der Waals surface area contributed by atoms with Crippen LogP contribution >= 0.6 is 38.9 Å². The Kier molecular flexibility index (Phi) is 4.29. The number of phenolic OH excluding ortho intramolecular Hbond substituents is 1. The third kappa shape index (κ3) is 3.08. The molecule has 1 aromatic carbocycles. The number of hydrogen-bond acceptors (Lipinski definition) is 4. The van der Waals surface area contributed by atoms with E-state index in [0.29, 0.717) is 8.66 Å². The van der Waals surface area contributed by atoms with E-state index in [2.05, 4.69) is 20.7 Å². The molecule has 0 spiro atoms. The molecule has 0 bridgehead atoms. The van der Waals surface area contributed by atoms with Gasteiger partial charge in [-0.15, -0.1) is 11.3 Å². The van der Waals surface area contributed by atoms with E-state index >= 15 is 0 Å². The van der Waals surface area contributed by atoms with Gasteiger partial charge in [0, 0.05) is 10.9 Å². The van der Waals surface area contributed by atoms with Crippen LogP contribution < -0.4 is 4.72 Å². The standard InChI is InChI=1S/C11H8BrClFNO3S2/c1-5-9(4-10(12)19-5)20(17,18)15-8-3-6(14)2-7(13)11(8)16/h2-4,15-16H,1H3. The number of rotatable bonds is 3. The number of phenols is 1. The molecule has 4 nitrogen and oxygen atoms in total. The third-order valence-corrected chi connectivity index (χ3v) is 5.87. The molecule has 0 unspecified atom stereocenters. The molecule has 1 aromatic heterocycles. The number of nitrogens with one attached hydrogen (secondary N) is 1. The summed E-state index contributed by atoms with van der Waals surface area (Å²) in [5.74, 6) is -1.28. The van der Waals surface area contributed by atoms with Gasteiger partial charge in [0.1, 0.15) is 10.7 Å². The highest BCUT2D eigenvalue weighted by Gasteiger charge is 2.22. The van der Waals surface area contributed by atoms with Crippen LogP contribution in [0, 0.1) is 12.7 Å².